The van der Waals surface area contributed by atoms with Crippen LogP contribution in [-0.4, -0.2) is 12.6 Å². The average molecular weight is 322 g/mol. The molecule has 0 aliphatic heterocycles. The van der Waals surface area contributed by atoms with Crippen molar-refractivity contribution < 1.29 is 9.53 Å². The van der Waals surface area contributed by atoms with Gasteiger partial charge in [-0.05, 0) is 47.1 Å². The molecule has 0 radical (unpaired) electrons. The number of ether oxygens (including phenoxy) is 1. The molecule has 24 heavy (non-hydrogen) atoms. The summed E-state index contributed by atoms with van der Waals surface area (Å²) in [5.74, 6) is -0.295. The molecule has 0 heterocycles. The molecule has 2 nitrogen and oxygen atoms in total. The molecule has 0 aromatic heterocycles. The standard InChI is InChI=1S/C22H26O2/c1-6-24-21(23)15-16(2)17-7-9-18(10-8-17)19-11-13-20(14-12-19)22(3,4)5/h7-15H,6H2,1-5H3/b16-15+. The molecule has 2 heteroatoms. The molecule has 0 aliphatic rings. The van der Waals surface area contributed by atoms with Crippen LogP contribution >= 0.6 is 0 Å². The maximum absolute atomic E-state index is 11.5. The van der Waals surface area contributed by atoms with Crippen molar-refractivity contribution in [3.63, 3.8) is 0 Å². The van der Waals surface area contributed by atoms with E-state index in [4.69, 9.17) is 4.74 Å². The van der Waals surface area contributed by atoms with Gasteiger partial charge >= 0.3 is 5.97 Å². The van der Waals surface area contributed by atoms with E-state index in [0.29, 0.717) is 6.61 Å². The second kappa shape index (κ2) is 7.48. The van der Waals surface area contributed by atoms with Crippen LogP contribution in [-0.2, 0) is 14.9 Å². The van der Waals surface area contributed by atoms with Gasteiger partial charge in [0.05, 0.1) is 6.61 Å². The molecule has 0 saturated carbocycles. The van der Waals surface area contributed by atoms with E-state index in [-0.39, 0.29) is 11.4 Å². The van der Waals surface area contributed by atoms with Gasteiger partial charge < -0.3 is 4.74 Å². The number of carbonyl (C=O) groups is 1. The lowest BCUT2D eigenvalue weighted by Gasteiger charge is -2.19. The predicted molar refractivity (Wildman–Crippen MR) is 101 cm³/mol. The summed E-state index contributed by atoms with van der Waals surface area (Å²) in [4.78, 5) is 11.5. The second-order valence-electron chi connectivity index (χ2n) is 6.98. The first-order chi connectivity index (χ1) is 11.3. The molecular formula is C22H26O2. The smallest absolute Gasteiger partial charge is 0.331 e. The summed E-state index contributed by atoms with van der Waals surface area (Å²) in [6.07, 6.45) is 1.54. The van der Waals surface area contributed by atoms with Crippen molar-refractivity contribution in [1.82, 2.24) is 0 Å². The molecule has 2 aromatic rings. The summed E-state index contributed by atoms with van der Waals surface area (Å²) in [6.45, 7) is 10.8. The molecule has 0 fully saturated rings. The molecule has 0 bridgehead atoms. The number of benzene rings is 2. The zero-order chi connectivity index (χ0) is 17.7. The zero-order valence-corrected chi connectivity index (χ0v) is 15.2. The topological polar surface area (TPSA) is 26.3 Å². The molecule has 2 aromatic carbocycles. The van der Waals surface area contributed by atoms with Crippen LogP contribution in [0.2, 0.25) is 0 Å². The molecule has 2 rings (SSSR count). The molecule has 126 valence electrons. The van der Waals surface area contributed by atoms with E-state index in [1.807, 2.05) is 19.1 Å². The van der Waals surface area contributed by atoms with Gasteiger partial charge in [0.1, 0.15) is 0 Å². The quantitative estimate of drug-likeness (QED) is 0.539. The van der Waals surface area contributed by atoms with Crippen LogP contribution in [0, 0.1) is 0 Å². The molecule has 0 unspecified atom stereocenters. The van der Waals surface area contributed by atoms with Gasteiger partial charge in [-0.25, -0.2) is 4.79 Å². The Bertz CT molecular complexity index is 714. The fraction of sp³-hybridized carbons (Fsp3) is 0.318. The Labute approximate surface area is 145 Å². The first-order valence-electron chi connectivity index (χ1n) is 8.37. The van der Waals surface area contributed by atoms with Gasteiger partial charge in [-0.3, -0.25) is 0 Å². The number of rotatable bonds is 4. The third-order valence-electron chi connectivity index (χ3n) is 4.05. The van der Waals surface area contributed by atoms with E-state index < -0.39 is 0 Å². The summed E-state index contributed by atoms with van der Waals surface area (Å²) in [6, 6.07) is 17.0. The fourth-order valence-corrected chi connectivity index (χ4v) is 2.53. The Balaban J connectivity index is 2.19. The average Bonchev–Trinajstić information content (AvgIpc) is 2.54. The largest absolute Gasteiger partial charge is 0.463 e. The molecule has 0 amide bonds. The van der Waals surface area contributed by atoms with Gasteiger partial charge in [0, 0.05) is 6.08 Å². The van der Waals surface area contributed by atoms with E-state index in [1.165, 1.54) is 22.8 Å². The Hall–Kier alpha value is -2.35. The first kappa shape index (κ1) is 18.0. The van der Waals surface area contributed by atoms with E-state index in [2.05, 4.69) is 57.2 Å². The predicted octanol–water partition coefficient (Wildman–Crippen LogP) is 5.62. The molecular weight excluding hydrogens is 296 g/mol. The van der Waals surface area contributed by atoms with Crippen molar-refractivity contribution in [2.45, 2.75) is 40.0 Å². The Morgan fingerprint density at radius 1 is 0.958 bits per heavy atom. The lowest BCUT2D eigenvalue weighted by molar-refractivity contribution is -0.137. The molecule has 0 saturated heterocycles. The van der Waals surface area contributed by atoms with E-state index in [9.17, 15) is 4.79 Å². The van der Waals surface area contributed by atoms with Crippen LogP contribution in [0.4, 0.5) is 0 Å². The molecule has 0 atom stereocenters. The van der Waals surface area contributed by atoms with E-state index in [0.717, 1.165) is 11.1 Å². The number of carbonyl (C=O) groups excluding carboxylic acids is 1. The maximum Gasteiger partial charge on any atom is 0.331 e. The van der Waals surface area contributed by atoms with Gasteiger partial charge in [-0.2, -0.15) is 0 Å². The SMILES string of the molecule is CCOC(=O)/C=C(\C)c1ccc(-c2ccc(C(C)(C)C)cc2)cc1. The van der Waals surface area contributed by atoms with Crippen LogP contribution in [0.15, 0.2) is 54.6 Å². The van der Waals surface area contributed by atoms with Crippen molar-refractivity contribution >= 4 is 11.5 Å². The fourth-order valence-electron chi connectivity index (χ4n) is 2.53. The Morgan fingerprint density at radius 3 is 1.92 bits per heavy atom. The number of hydrogen-bond donors (Lipinski definition) is 0. The van der Waals surface area contributed by atoms with Crippen LogP contribution in [0.25, 0.3) is 16.7 Å². The molecule has 0 N–H and O–H groups in total. The van der Waals surface area contributed by atoms with Gasteiger partial charge in [0.25, 0.3) is 0 Å². The van der Waals surface area contributed by atoms with Gasteiger partial charge in [0.15, 0.2) is 0 Å². The lowest BCUT2D eigenvalue weighted by atomic mass is 9.86. The molecule has 0 spiro atoms. The lowest BCUT2D eigenvalue weighted by Crippen LogP contribution is -2.10. The summed E-state index contributed by atoms with van der Waals surface area (Å²) >= 11 is 0. The van der Waals surface area contributed by atoms with Crippen molar-refractivity contribution in [1.29, 1.82) is 0 Å². The molecule has 0 aliphatic carbocycles. The van der Waals surface area contributed by atoms with Crippen molar-refractivity contribution in [3.05, 3.63) is 65.7 Å². The minimum absolute atomic E-state index is 0.164. The number of hydrogen-bond acceptors (Lipinski definition) is 2. The van der Waals surface area contributed by atoms with Gasteiger partial charge in [-0.1, -0.05) is 69.3 Å². The van der Waals surface area contributed by atoms with Crippen LogP contribution in [0.5, 0.6) is 0 Å². The van der Waals surface area contributed by atoms with Crippen LogP contribution in [0.1, 0.15) is 45.7 Å². The highest BCUT2D eigenvalue weighted by Gasteiger charge is 2.13. The van der Waals surface area contributed by atoms with Gasteiger partial charge in [0.2, 0.25) is 0 Å². The summed E-state index contributed by atoms with van der Waals surface area (Å²) in [7, 11) is 0. The summed E-state index contributed by atoms with van der Waals surface area (Å²) in [5.41, 5.74) is 5.79. The Morgan fingerprint density at radius 2 is 1.46 bits per heavy atom. The first-order valence-corrected chi connectivity index (χ1v) is 8.37. The zero-order valence-electron chi connectivity index (χ0n) is 15.2. The summed E-state index contributed by atoms with van der Waals surface area (Å²) in [5, 5.41) is 0. The second-order valence-corrected chi connectivity index (χ2v) is 6.98. The highest BCUT2D eigenvalue weighted by atomic mass is 16.5. The van der Waals surface area contributed by atoms with Crippen molar-refractivity contribution in [3.8, 4) is 11.1 Å². The third-order valence-corrected chi connectivity index (χ3v) is 4.05. The highest BCUT2D eigenvalue weighted by molar-refractivity contribution is 5.91. The van der Waals surface area contributed by atoms with Gasteiger partial charge in [-0.15, -0.1) is 0 Å². The van der Waals surface area contributed by atoms with Crippen LogP contribution < -0.4 is 0 Å². The highest BCUT2D eigenvalue weighted by Crippen LogP contribution is 2.27. The van der Waals surface area contributed by atoms with E-state index >= 15 is 0 Å². The van der Waals surface area contributed by atoms with Crippen LogP contribution in [0.3, 0.4) is 0 Å². The van der Waals surface area contributed by atoms with Crippen molar-refractivity contribution in [2.24, 2.45) is 0 Å². The van der Waals surface area contributed by atoms with Crippen molar-refractivity contribution in [2.75, 3.05) is 6.61 Å². The summed E-state index contributed by atoms with van der Waals surface area (Å²) < 4.78 is 4.95. The number of allylic oxidation sites excluding steroid dienone is 1. The van der Waals surface area contributed by atoms with E-state index in [1.54, 1.807) is 6.92 Å². The Kier molecular flexibility index (Phi) is 5.61. The normalized spacial score (nSPS) is 12.1. The number of esters is 1. The third kappa shape index (κ3) is 4.58. The minimum Gasteiger partial charge on any atom is -0.463 e. The monoisotopic (exact) mass is 322 g/mol. The minimum atomic E-state index is -0.295. The maximum atomic E-state index is 11.5.